The first kappa shape index (κ1) is 21.1. The molecular weight excluding hydrogens is 354 g/mol. The number of aliphatic imine (C=N–C) groups is 1. The molecule has 1 aromatic rings. The van der Waals surface area contributed by atoms with Crippen molar-refractivity contribution in [2.45, 2.75) is 51.4 Å². The third kappa shape index (κ3) is 8.17. The van der Waals surface area contributed by atoms with Gasteiger partial charge in [-0.15, -0.1) is 0 Å². The van der Waals surface area contributed by atoms with Crippen LogP contribution in [0.4, 0.5) is 0 Å². The summed E-state index contributed by atoms with van der Waals surface area (Å²) in [4.78, 5) is 4.30. The van der Waals surface area contributed by atoms with Gasteiger partial charge in [-0.1, -0.05) is 24.3 Å². The zero-order valence-corrected chi connectivity index (χ0v) is 17.1. The van der Waals surface area contributed by atoms with Gasteiger partial charge in [0.2, 0.25) is 0 Å². The fourth-order valence-electron chi connectivity index (χ4n) is 3.21. The normalized spacial score (nSPS) is 18.2. The van der Waals surface area contributed by atoms with Gasteiger partial charge in [0.25, 0.3) is 0 Å². The summed E-state index contributed by atoms with van der Waals surface area (Å²) in [7, 11) is 1.80. The van der Waals surface area contributed by atoms with E-state index in [4.69, 9.17) is 14.2 Å². The van der Waals surface area contributed by atoms with Crippen molar-refractivity contribution in [3.8, 4) is 0 Å². The number of rotatable bonds is 11. The largest absolute Gasteiger partial charge is 0.381 e. The Hall–Kier alpha value is -1.63. The van der Waals surface area contributed by atoms with Crippen molar-refractivity contribution in [2.75, 3.05) is 40.0 Å². The SMILES string of the molecule is CN=C(NCCCOCC1CC1)NCc1cccc(COC2CCOCC2)c1. The van der Waals surface area contributed by atoms with Crippen molar-refractivity contribution >= 4 is 5.96 Å². The first-order valence-electron chi connectivity index (χ1n) is 10.6. The molecule has 2 N–H and O–H groups in total. The second-order valence-corrected chi connectivity index (χ2v) is 7.67. The Labute approximate surface area is 169 Å². The van der Waals surface area contributed by atoms with Crippen LogP contribution in [0.3, 0.4) is 0 Å². The summed E-state index contributed by atoms with van der Waals surface area (Å²) in [6.45, 7) is 5.64. The number of nitrogens with zero attached hydrogens (tertiary/aromatic N) is 1. The second kappa shape index (κ2) is 12.0. The fraction of sp³-hybridized carbons (Fsp3) is 0.682. The number of benzene rings is 1. The standard InChI is InChI=1S/C22H35N3O3/c1-23-22(24-10-3-11-27-16-18-6-7-18)25-15-19-4-2-5-20(14-19)17-28-21-8-12-26-13-9-21/h2,4-5,14,18,21H,3,6-13,15-17H2,1H3,(H2,23,24,25). The zero-order valence-electron chi connectivity index (χ0n) is 17.1. The Kier molecular flexibility index (Phi) is 9.07. The summed E-state index contributed by atoms with van der Waals surface area (Å²) in [5.74, 6) is 1.66. The molecule has 1 saturated carbocycles. The topological polar surface area (TPSA) is 64.1 Å². The zero-order chi connectivity index (χ0) is 19.4. The first-order chi connectivity index (χ1) is 13.8. The van der Waals surface area contributed by atoms with E-state index in [1.807, 2.05) is 0 Å². The minimum atomic E-state index is 0.326. The molecule has 0 aromatic heterocycles. The highest BCUT2D eigenvalue weighted by atomic mass is 16.5. The quantitative estimate of drug-likeness (QED) is 0.346. The molecule has 28 heavy (non-hydrogen) atoms. The Balaban J connectivity index is 1.31. The number of guanidine groups is 1. The molecule has 0 radical (unpaired) electrons. The van der Waals surface area contributed by atoms with Gasteiger partial charge >= 0.3 is 0 Å². The lowest BCUT2D eigenvalue weighted by molar-refractivity contribution is -0.0390. The van der Waals surface area contributed by atoms with E-state index in [-0.39, 0.29) is 0 Å². The number of nitrogens with one attached hydrogen (secondary N) is 2. The van der Waals surface area contributed by atoms with E-state index in [9.17, 15) is 0 Å². The molecule has 0 atom stereocenters. The third-order valence-corrected chi connectivity index (χ3v) is 5.14. The third-order valence-electron chi connectivity index (χ3n) is 5.14. The fourth-order valence-corrected chi connectivity index (χ4v) is 3.21. The molecule has 0 spiro atoms. The van der Waals surface area contributed by atoms with Gasteiger partial charge in [-0.3, -0.25) is 4.99 Å². The van der Waals surface area contributed by atoms with Gasteiger partial charge in [-0.05, 0) is 49.1 Å². The summed E-state index contributed by atoms with van der Waals surface area (Å²) in [6.07, 6.45) is 6.00. The molecular formula is C22H35N3O3. The van der Waals surface area contributed by atoms with Crippen LogP contribution in [0.2, 0.25) is 0 Å². The Bertz CT molecular complexity index is 598. The van der Waals surface area contributed by atoms with Crippen LogP contribution in [0.15, 0.2) is 29.3 Å². The van der Waals surface area contributed by atoms with Gasteiger partial charge in [-0.25, -0.2) is 0 Å². The van der Waals surface area contributed by atoms with Crippen LogP contribution in [0.25, 0.3) is 0 Å². The molecule has 0 bridgehead atoms. The minimum absolute atomic E-state index is 0.326. The molecule has 1 heterocycles. The molecule has 0 unspecified atom stereocenters. The van der Waals surface area contributed by atoms with E-state index in [1.54, 1.807) is 7.05 Å². The van der Waals surface area contributed by atoms with Crippen molar-refractivity contribution in [3.63, 3.8) is 0 Å². The van der Waals surface area contributed by atoms with E-state index in [2.05, 4.69) is 39.9 Å². The van der Waals surface area contributed by atoms with Crippen molar-refractivity contribution in [2.24, 2.45) is 10.9 Å². The van der Waals surface area contributed by atoms with Crippen LogP contribution >= 0.6 is 0 Å². The molecule has 2 fully saturated rings. The Morgan fingerprint density at radius 1 is 1.14 bits per heavy atom. The average molecular weight is 390 g/mol. The summed E-state index contributed by atoms with van der Waals surface area (Å²) in [5.41, 5.74) is 2.44. The van der Waals surface area contributed by atoms with Crippen molar-refractivity contribution in [1.82, 2.24) is 10.6 Å². The summed E-state index contributed by atoms with van der Waals surface area (Å²) < 4.78 is 17.1. The predicted octanol–water partition coefficient (Wildman–Crippen LogP) is 2.86. The maximum Gasteiger partial charge on any atom is 0.191 e. The van der Waals surface area contributed by atoms with Crippen molar-refractivity contribution in [1.29, 1.82) is 0 Å². The Morgan fingerprint density at radius 3 is 2.75 bits per heavy atom. The van der Waals surface area contributed by atoms with Crippen LogP contribution in [-0.2, 0) is 27.4 Å². The molecule has 1 saturated heterocycles. The smallest absolute Gasteiger partial charge is 0.191 e. The van der Waals surface area contributed by atoms with Gasteiger partial charge in [-0.2, -0.15) is 0 Å². The second-order valence-electron chi connectivity index (χ2n) is 7.67. The maximum absolute atomic E-state index is 6.03. The monoisotopic (exact) mass is 389 g/mol. The van der Waals surface area contributed by atoms with Crippen molar-refractivity contribution in [3.05, 3.63) is 35.4 Å². The summed E-state index contributed by atoms with van der Waals surface area (Å²) >= 11 is 0. The lowest BCUT2D eigenvalue weighted by Gasteiger charge is -2.22. The molecule has 3 rings (SSSR count). The van der Waals surface area contributed by atoms with Crippen LogP contribution in [0, 0.1) is 5.92 Å². The van der Waals surface area contributed by atoms with Crippen LogP contribution in [-0.4, -0.2) is 52.1 Å². The molecule has 6 heteroatoms. The highest BCUT2D eigenvalue weighted by molar-refractivity contribution is 5.79. The summed E-state index contributed by atoms with van der Waals surface area (Å²) in [5, 5.41) is 6.73. The maximum atomic E-state index is 6.03. The number of hydrogen-bond acceptors (Lipinski definition) is 4. The lowest BCUT2D eigenvalue weighted by atomic mass is 10.1. The van der Waals surface area contributed by atoms with Crippen molar-refractivity contribution < 1.29 is 14.2 Å². The van der Waals surface area contributed by atoms with E-state index < -0.39 is 0 Å². The highest BCUT2D eigenvalue weighted by Gasteiger charge is 2.20. The number of ether oxygens (including phenoxy) is 3. The van der Waals surface area contributed by atoms with Gasteiger partial charge in [0.05, 0.1) is 12.7 Å². The molecule has 0 amide bonds. The van der Waals surface area contributed by atoms with E-state index >= 15 is 0 Å². The van der Waals surface area contributed by atoms with E-state index in [1.165, 1.54) is 24.0 Å². The molecule has 2 aliphatic rings. The molecule has 156 valence electrons. The van der Waals surface area contributed by atoms with Gasteiger partial charge < -0.3 is 24.8 Å². The van der Waals surface area contributed by atoms with E-state index in [0.717, 1.165) is 70.7 Å². The summed E-state index contributed by atoms with van der Waals surface area (Å²) in [6, 6.07) is 8.54. The molecule has 1 aliphatic heterocycles. The average Bonchev–Trinajstić information content (AvgIpc) is 3.57. The predicted molar refractivity (Wildman–Crippen MR) is 111 cm³/mol. The molecule has 6 nitrogen and oxygen atoms in total. The van der Waals surface area contributed by atoms with E-state index in [0.29, 0.717) is 12.7 Å². The van der Waals surface area contributed by atoms with Crippen LogP contribution < -0.4 is 10.6 Å². The Morgan fingerprint density at radius 2 is 1.96 bits per heavy atom. The van der Waals surface area contributed by atoms with Crippen LogP contribution in [0.5, 0.6) is 0 Å². The van der Waals surface area contributed by atoms with Gasteiger partial charge in [0.15, 0.2) is 5.96 Å². The van der Waals surface area contributed by atoms with Gasteiger partial charge in [0, 0.05) is 46.6 Å². The van der Waals surface area contributed by atoms with Crippen LogP contribution in [0.1, 0.15) is 43.2 Å². The molecule has 1 aromatic carbocycles. The first-order valence-corrected chi connectivity index (χ1v) is 10.6. The minimum Gasteiger partial charge on any atom is -0.381 e. The lowest BCUT2D eigenvalue weighted by Crippen LogP contribution is -2.37. The molecule has 1 aliphatic carbocycles. The van der Waals surface area contributed by atoms with Gasteiger partial charge in [0.1, 0.15) is 0 Å². The highest BCUT2D eigenvalue weighted by Crippen LogP contribution is 2.28. The number of hydrogen-bond donors (Lipinski definition) is 2.